The molecule has 20 heavy (non-hydrogen) atoms. The summed E-state index contributed by atoms with van der Waals surface area (Å²) in [5.74, 6) is -1.99. The fourth-order valence-electron chi connectivity index (χ4n) is 6.15. The molecule has 5 heteroatoms. The van der Waals surface area contributed by atoms with Crippen LogP contribution in [0.1, 0.15) is 40.0 Å². The Balaban J connectivity index is 2.10. The Morgan fingerprint density at radius 3 is 2.60 bits per heavy atom. The van der Waals surface area contributed by atoms with Crippen molar-refractivity contribution in [3.05, 3.63) is 0 Å². The van der Waals surface area contributed by atoms with E-state index >= 15 is 0 Å². The number of rotatable bonds is 0. The second-order valence-corrected chi connectivity index (χ2v) is 7.79. The number of carbonyl (C=O) groups is 1. The molecule has 3 N–H and O–H groups in total. The third-order valence-electron chi connectivity index (χ3n) is 7.77. The monoisotopic (exact) mass is 282 g/mol. The third kappa shape index (κ3) is 0.794. The topological polar surface area (TPSA) is 87.0 Å². The van der Waals surface area contributed by atoms with Gasteiger partial charge in [-0.3, -0.25) is 4.79 Å². The minimum atomic E-state index is -1.87. The molecule has 0 radical (unpaired) electrons. The SMILES string of the molecule is CC1CCC2(O)C13CC(=O)C1(C)C(O)(OCC21C)C3O. The fourth-order valence-corrected chi connectivity index (χ4v) is 6.15. The molecule has 0 aromatic carbocycles. The lowest BCUT2D eigenvalue weighted by molar-refractivity contribution is -0.368. The van der Waals surface area contributed by atoms with Gasteiger partial charge in [-0.25, -0.2) is 0 Å². The van der Waals surface area contributed by atoms with Gasteiger partial charge in [0.15, 0.2) is 0 Å². The number of ketones is 1. The van der Waals surface area contributed by atoms with Crippen LogP contribution in [-0.4, -0.2) is 45.2 Å². The van der Waals surface area contributed by atoms with Crippen LogP contribution in [0.2, 0.25) is 0 Å². The van der Waals surface area contributed by atoms with Gasteiger partial charge in [0.1, 0.15) is 11.9 Å². The van der Waals surface area contributed by atoms with E-state index in [1.54, 1.807) is 6.92 Å². The number of fused-ring (bicyclic) bond motifs is 1. The van der Waals surface area contributed by atoms with Crippen molar-refractivity contribution in [2.75, 3.05) is 6.61 Å². The van der Waals surface area contributed by atoms with Gasteiger partial charge in [0.25, 0.3) is 0 Å². The summed E-state index contributed by atoms with van der Waals surface area (Å²) in [6.45, 7) is 5.54. The molecule has 1 aliphatic heterocycles. The van der Waals surface area contributed by atoms with Crippen LogP contribution in [-0.2, 0) is 9.53 Å². The highest BCUT2D eigenvalue weighted by Gasteiger charge is 2.91. The van der Waals surface area contributed by atoms with E-state index < -0.39 is 33.7 Å². The van der Waals surface area contributed by atoms with Crippen LogP contribution in [0.15, 0.2) is 0 Å². The lowest BCUT2D eigenvalue weighted by Gasteiger charge is -2.69. The molecule has 7 unspecified atom stereocenters. The number of hydrogen-bond donors (Lipinski definition) is 3. The van der Waals surface area contributed by atoms with E-state index in [9.17, 15) is 20.1 Å². The van der Waals surface area contributed by atoms with Crippen LogP contribution < -0.4 is 0 Å². The van der Waals surface area contributed by atoms with Crippen LogP contribution in [0.5, 0.6) is 0 Å². The van der Waals surface area contributed by atoms with E-state index in [1.165, 1.54) is 0 Å². The number of aliphatic hydroxyl groups is 3. The first-order valence-corrected chi connectivity index (χ1v) is 7.42. The van der Waals surface area contributed by atoms with Gasteiger partial charge >= 0.3 is 0 Å². The van der Waals surface area contributed by atoms with Crippen LogP contribution in [0.3, 0.4) is 0 Å². The molecule has 4 saturated carbocycles. The minimum Gasteiger partial charge on any atom is -0.388 e. The van der Waals surface area contributed by atoms with Crippen LogP contribution in [0, 0.1) is 22.2 Å². The van der Waals surface area contributed by atoms with Crippen molar-refractivity contribution in [3.63, 3.8) is 0 Å². The Kier molecular flexibility index (Phi) is 1.98. The van der Waals surface area contributed by atoms with E-state index in [0.29, 0.717) is 6.42 Å². The Bertz CT molecular complexity index is 534. The van der Waals surface area contributed by atoms with Gasteiger partial charge in [-0.05, 0) is 25.7 Å². The largest absolute Gasteiger partial charge is 0.388 e. The Labute approximate surface area is 117 Å². The summed E-state index contributed by atoms with van der Waals surface area (Å²) in [5, 5.41) is 33.3. The summed E-state index contributed by atoms with van der Waals surface area (Å²) >= 11 is 0. The number of hydrogen-bond acceptors (Lipinski definition) is 5. The van der Waals surface area contributed by atoms with Crippen molar-refractivity contribution in [2.45, 2.75) is 57.5 Å². The maximum absolute atomic E-state index is 12.8. The molecule has 0 amide bonds. The van der Waals surface area contributed by atoms with Crippen LogP contribution >= 0.6 is 0 Å². The average molecular weight is 282 g/mol. The average Bonchev–Trinajstić information content (AvgIpc) is 2.77. The van der Waals surface area contributed by atoms with E-state index in [1.807, 2.05) is 13.8 Å². The predicted molar refractivity (Wildman–Crippen MR) is 68.5 cm³/mol. The highest BCUT2D eigenvalue weighted by atomic mass is 16.6. The zero-order valence-corrected chi connectivity index (χ0v) is 12.1. The predicted octanol–water partition coefficient (Wildman–Crippen LogP) is 0.212. The zero-order chi connectivity index (χ0) is 14.8. The second kappa shape index (κ2) is 3.00. The standard InChI is InChI=1S/C15H22O5/c1-8-4-5-14(18)11(2)7-20-15(19)10(17)13(8,14)6-9(16)12(11,15)3/h8,10,17-19H,4-7H2,1-3H3. The normalized spacial score (nSPS) is 67.6. The number of aliphatic hydroxyl groups excluding tert-OH is 1. The number of Topliss-reactive ketones (excluding diaryl/α,β-unsaturated/α-hetero) is 1. The lowest BCUT2D eigenvalue weighted by atomic mass is 9.35. The van der Waals surface area contributed by atoms with Gasteiger partial charge in [-0.15, -0.1) is 0 Å². The van der Waals surface area contributed by atoms with Crippen molar-refractivity contribution in [3.8, 4) is 0 Å². The van der Waals surface area contributed by atoms with Gasteiger partial charge in [0, 0.05) is 17.3 Å². The molecule has 7 atom stereocenters. The molecule has 112 valence electrons. The quantitative estimate of drug-likeness (QED) is 0.591. The molecule has 0 aromatic rings. The van der Waals surface area contributed by atoms with Gasteiger partial charge in [0.2, 0.25) is 5.79 Å². The van der Waals surface area contributed by atoms with Crippen molar-refractivity contribution in [2.24, 2.45) is 22.2 Å². The van der Waals surface area contributed by atoms with Gasteiger partial charge in [-0.2, -0.15) is 0 Å². The van der Waals surface area contributed by atoms with Gasteiger partial charge < -0.3 is 20.1 Å². The summed E-state index contributed by atoms with van der Waals surface area (Å²) in [6, 6.07) is 0. The van der Waals surface area contributed by atoms with Crippen LogP contribution in [0.25, 0.3) is 0 Å². The van der Waals surface area contributed by atoms with Crippen molar-refractivity contribution >= 4 is 5.78 Å². The first-order chi connectivity index (χ1) is 9.12. The molecule has 1 spiro atoms. The first kappa shape index (κ1) is 13.2. The van der Waals surface area contributed by atoms with E-state index in [-0.39, 0.29) is 24.7 Å². The Morgan fingerprint density at radius 2 is 1.95 bits per heavy atom. The smallest absolute Gasteiger partial charge is 0.206 e. The Morgan fingerprint density at radius 1 is 1.30 bits per heavy atom. The molecular weight excluding hydrogens is 260 g/mol. The first-order valence-electron chi connectivity index (χ1n) is 7.42. The highest BCUT2D eigenvalue weighted by Crippen LogP contribution is 2.79. The summed E-state index contributed by atoms with van der Waals surface area (Å²) in [7, 11) is 0. The summed E-state index contributed by atoms with van der Waals surface area (Å²) in [6.07, 6.45) is 0.201. The molecule has 5 aliphatic rings. The number of carbonyl (C=O) groups excluding carboxylic acids is 1. The molecular formula is C15H22O5. The molecule has 0 aromatic heterocycles. The summed E-state index contributed by atoms with van der Waals surface area (Å²) in [5.41, 5.74) is -4.25. The molecule has 1 heterocycles. The molecule has 1 saturated heterocycles. The van der Waals surface area contributed by atoms with Gasteiger partial charge in [0.05, 0.1) is 17.6 Å². The Hall–Kier alpha value is -0.490. The highest BCUT2D eigenvalue weighted by molar-refractivity contribution is 5.91. The van der Waals surface area contributed by atoms with Gasteiger partial charge in [-0.1, -0.05) is 13.8 Å². The van der Waals surface area contributed by atoms with Crippen molar-refractivity contribution in [1.29, 1.82) is 0 Å². The van der Waals surface area contributed by atoms with Crippen LogP contribution in [0.4, 0.5) is 0 Å². The zero-order valence-electron chi connectivity index (χ0n) is 12.1. The molecule has 5 fully saturated rings. The van der Waals surface area contributed by atoms with Crippen molar-refractivity contribution < 1.29 is 24.9 Å². The molecule has 5 nitrogen and oxygen atoms in total. The third-order valence-corrected chi connectivity index (χ3v) is 7.77. The molecule has 4 bridgehead atoms. The number of ether oxygens (including phenoxy) is 1. The van der Waals surface area contributed by atoms with E-state index in [0.717, 1.165) is 6.42 Å². The lowest BCUT2D eigenvalue weighted by Crippen LogP contribution is -2.83. The maximum Gasteiger partial charge on any atom is 0.206 e. The molecule has 5 rings (SSSR count). The minimum absolute atomic E-state index is 0.0242. The van der Waals surface area contributed by atoms with E-state index in [2.05, 4.69) is 0 Å². The summed E-state index contributed by atoms with van der Waals surface area (Å²) < 4.78 is 5.56. The van der Waals surface area contributed by atoms with Crippen molar-refractivity contribution in [1.82, 2.24) is 0 Å². The fraction of sp³-hybridized carbons (Fsp3) is 0.933. The second-order valence-electron chi connectivity index (χ2n) is 7.79. The summed E-state index contributed by atoms with van der Waals surface area (Å²) in [4.78, 5) is 12.8. The van der Waals surface area contributed by atoms with E-state index in [4.69, 9.17) is 4.74 Å². The molecule has 4 aliphatic carbocycles. The maximum atomic E-state index is 12.8.